The van der Waals surface area contributed by atoms with Crippen LogP contribution in [0, 0.1) is 6.92 Å². The molecule has 4 heteroatoms. The summed E-state index contributed by atoms with van der Waals surface area (Å²) in [5, 5.41) is 0. The molecule has 1 aromatic heterocycles. The molecular weight excluding hydrogens is 232 g/mol. The Morgan fingerprint density at radius 3 is 2.44 bits per heavy atom. The molecule has 0 spiro atoms. The summed E-state index contributed by atoms with van der Waals surface area (Å²) in [6.07, 6.45) is 5.92. The Labute approximate surface area is 108 Å². The van der Waals surface area contributed by atoms with Gasteiger partial charge in [-0.1, -0.05) is 32.6 Å². The second-order valence-corrected chi connectivity index (χ2v) is 5.29. The van der Waals surface area contributed by atoms with E-state index < -0.39 is 5.82 Å². The van der Waals surface area contributed by atoms with E-state index in [9.17, 15) is 4.79 Å². The number of hydrogen-bond donors (Lipinski definition) is 0. The maximum Gasteiger partial charge on any atom is 0.519 e. The average molecular weight is 256 g/mol. The van der Waals surface area contributed by atoms with Gasteiger partial charge < -0.3 is 13.6 Å². The highest BCUT2D eigenvalue weighted by molar-refractivity contribution is 4.98. The van der Waals surface area contributed by atoms with Crippen LogP contribution in [-0.2, 0) is 11.3 Å². The van der Waals surface area contributed by atoms with Crippen LogP contribution in [0.5, 0.6) is 0 Å². The Bertz CT molecular complexity index is 400. The first-order chi connectivity index (χ1) is 8.44. The van der Waals surface area contributed by atoms with Gasteiger partial charge in [0.2, 0.25) is 0 Å². The predicted molar refractivity (Wildman–Crippen MR) is 69.6 cm³/mol. The van der Waals surface area contributed by atoms with Gasteiger partial charge in [-0.3, -0.25) is 0 Å². The molecule has 0 atom stereocenters. The Kier molecular flexibility index (Phi) is 5.66. The van der Waals surface area contributed by atoms with Gasteiger partial charge in [-0.25, -0.2) is 4.79 Å². The molecule has 1 heterocycles. The summed E-state index contributed by atoms with van der Waals surface area (Å²) in [5.74, 6) is 0.329. The summed E-state index contributed by atoms with van der Waals surface area (Å²) >= 11 is 0. The Morgan fingerprint density at radius 2 is 1.89 bits per heavy atom. The highest BCUT2D eigenvalue weighted by Gasteiger charge is 2.20. The fourth-order valence-electron chi connectivity index (χ4n) is 1.82. The minimum Gasteiger partial charge on any atom is -0.396 e. The van der Waals surface area contributed by atoms with Crippen molar-refractivity contribution in [3.05, 3.63) is 22.1 Å². The Balaban J connectivity index is 2.36. The summed E-state index contributed by atoms with van der Waals surface area (Å²) in [5.41, 5.74) is -0.198. The second-order valence-electron chi connectivity index (χ2n) is 5.29. The smallest absolute Gasteiger partial charge is 0.396 e. The standard InChI is InChI=1S/C14H24O4/c1-5-6-7-8-9-14(3,4)16-10-12-11(2)17-13(15)18-12/h5-10H2,1-4H3. The van der Waals surface area contributed by atoms with Gasteiger partial charge in [0.1, 0.15) is 12.4 Å². The molecule has 0 saturated heterocycles. The van der Waals surface area contributed by atoms with Gasteiger partial charge in [-0.2, -0.15) is 0 Å². The quantitative estimate of drug-likeness (QED) is 0.664. The summed E-state index contributed by atoms with van der Waals surface area (Å²) in [7, 11) is 0. The SMILES string of the molecule is CCCCCCC(C)(C)OCc1oc(=O)oc1C. The molecule has 0 fully saturated rings. The first kappa shape index (κ1) is 15.0. The van der Waals surface area contributed by atoms with E-state index in [2.05, 4.69) is 20.8 Å². The van der Waals surface area contributed by atoms with E-state index in [0.717, 1.165) is 12.8 Å². The highest BCUT2D eigenvalue weighted by Crippen LogP contribution is 2.21. The van der Waals surface area contributed by atoms with Gasteiger partial charge in [-0.05, 0) is 27.2 Å². The van der Waals surface area contributed by atoms with E-state index in [1.807, 2.05) is 0 Å². The number of aryl methyl sites for hydroxylation is 1. The summed E-state index contributed by atoms with van der Waals surface area (Å²) in [6.45, 7) is 8.32. The molecule has 0 aromatic carbocycles. The number of hydrogen-bond acceptors (Lipinski definition) is 4. The van der Waals surface area contributed by atoms with Crippen molar-refractivity contribution in [2.24, 2.45) is 0 Å². The first-order valence-electron chi connectivity index (χ1n) is 6.68. The summed E-state index contributed by atoms with van der Waals surface area (Å²) < 4.78 is 15.5. The number of unbranched alkanes of at least 4 members (excludes halogenated alkanes) is 3. The molecule has 0 aliphatic heterocycles. The molecule has 0 aliphatic carbocycles. The fourth-order valence-corrected chi connectivity index (χ4v) is 1.82. The monoisotopic (exact) mass is 256 g/mol. The van der Waals surface area contributed by atoms with Crippen molar-refractivity contribution in [1.82, 2.24) is 0 Å². The van der Waals surface area contributed by atoms with Crippen molar-refractivity contribution < 1.29 is 13.6 Å². The van der Waals surface area contributed by atoms with Crippen LogP contribution < -0.4 is 5.82 Å². The zero-order valence-corrected chi connectivity index (χ0v) is 11.9. The van der Waals surface area contributed by atoms with E-state index >= 15 is 0 Å². The molecule has 0 unspecified atom stereocenters. The molecule has 0 bridgehead atoms. The van der Waals surface area contributed by atoms with Crippen LogP contribution in [0.15, 0.2) is 13.6 Å². The van der Waals surface area contributed by atoms with Crippen LogP contribution in [0.2, 0.25) is 0 Å². The largest absolute Gasteiger partial charge is 0.519 e. The molecule has 0 N–H and O–H groups in total. The molecule has 1 aromatic rings. The molecule has 0 amide bonds. The number of ether oxygens (including phenoxy) is 1. The molecule has 0 aliphatic rings. The van der Waals surface area contributed by atoms with Crippen molar-refractivity contribution in [3.63, 3.8) is 0 Å². The highest BCUT2D eigenvalue weighted by atomic mass is 16.6. The minimum absolute atomic E-state index is 0.198. The van der Waals surface area contributed by atoms with Gasteiger partial charge in [0, 0.05) is 0 Å². The predicted octanol–water partition coefficient (Wildman–Crippen LogP) is 3.81. The van der Waals surface area contributed by atoms with Crippen molar-refractivity contribution in [2.45, 2.75) is 72.0 Å². The third-order valence-corrected chi connectivity index (χ3v) is 3.06. The fraction of sp³-hybridized carbons (Fsp3) is 0.786. The lowest BCUT2D eigenvalue weighted by atomic mass is 10.00. The van der Waals surface area contributed by atoms with E-state index in [1.165, 1.54) is 19.3 Å². The van der Waals surface area contributed by atoms with Crippen LogP contribution in [0.3, 0.4) is 0 Å². The van der Waals surface area contributed by atoms with Crippen LogP contribution in [0.4, 0.5) is 0 Å². The second kappa shape index (κ2) is 6.78. The topological polar surface area (TPSA) is 52.6 Å². The van der Waals surface area contributed by atoms with E-state index in [0.29, 0.717) is 18.1 Å². The Morgan fingerprint density at radius 1 is 1.17 bits per heavy atom. The summed E-state index contributed by atoms with van der Waals surface area (Å²) in [6, 6.07) is 0. The van der Waals surface area contributed by atoms with E-state index in [4.69, 9.17) is 13.6 Å². The van der Waals surface area contributed by atoms with Crippen LogP contribution in [-0.4, -0.2) is 5.60 Å². The Hall–Kier alpha value is -1.03. The van der Waals surface area contributed by atoms with Gasteiger partial charge in [0.05, 0.1) is 5.60 Å². The molecule has 4 nitrogen and oxygen atoms in total. The van der Waals surface area contributed by atoms with Crippen LogP contribution in [0.1, 0.15) is 64.4 Å². The van der Waals surface area contributed by atoms with E-state index in [1.54, 1.807) is 6.92 Å². The molecule has 0 radical (unpaired) electrons. The molecular formula is C14H24O4. The zero-order valence-electron chi connectivity index (χ0n) is 11.9. The maximum atomic E-state index is 10.9. The van der Waals surface area contributed by atoms with Crippen molar-refractivity contribution in [1.29, 1.82) is 0 Å². The average Bonchev–Trinajstić information content (AvgIpc) is 2.61. The zero-order chi connectivity index (χ0) is 13.6. The molecule has 104 valence electrons. The minimum atomic E-state index is -0.660. The summed E-state index contributed by atoms with van der Waals surface area (Å²) in [4.78, 5) is 10.9. The van der Waals surface area contributed by atoms with Gasteiger partial charge in [0.25, 0.3) is 0 Å². The molecule has 18 heavy (non-hydrogen) atoms. The van der Waals surface area contributed by atoms with Gasteiger partial charge >= 0.3 is 5.82 Å². The lowest BCUT2D eigenvalue weighted by Gasteiger charge is -2.24. The lowest BCUT2D eigenvalue weighted by molar-refractivity contribution is -0.0435. The van der Waals surface area contributed by atoms with Crippen molar-refractivity contribution in [3.8, 4) is 0 Å². The third-order valence-electron chi connectivity index (χ3n) is 3.06. The first-order valence-corrected chi connectivity index (χ1v) is 6.68. The van der Waals surface area contributed by atoms with Crippen molar-refractivity contribution in [2.75, 3.05) is 0 Å². The van der Waals surface area contributed by atoms with Crippen molar-refractivity contribution >= 4 is 0 Å². The third kappa shape index (κ3) is 5.08. The van der Waals surface area contributed by atoms with Crippen LogP contribution >= 0.6 is 0 Å². The lowest BCUT2D eigenvalue weighted by Crippen LogP contribution is -2.24. The molecule has 0 saturated carbocycles. The van der Waals surface area contributed by atoms with Gasteiger partial charge in [0.15, 0.2) is 5.76 Å². The maximum absolute atomic E-state index is 10.9. The number of rotatable bonds is 8. The van der Waals surface area contributed by atoms with E-state index in [-0.39, 0.29) is 5.60 Å². The normalized spacial score (nSPS) is 12.0. The van der Waals surface area contributed by atoms with Crippen LogP contribution in [0.25, 0.3) is 0 Å². The molecule has 1 rings (SSSR count). The van der Waals surface area contributed by atoms with Gasteiger partial charge in [-0.15, -0.1) is 0 Å².